The van der Waals surface area contributed by atoms with E-state index < -0.39 is 26.5 Å². The molecule has 0 spiro atoms. The van der Waals surface area contributed by atoms with Crippen LogP contribution in [0.2, 0.25) is 0 Å². The van der Waals surface area contributed by atoms with Gasteiger partial charge in [0.15, 0.2) is 0 Å². The number of para-hydroxylation sites is 2. The van der Waals surface area contributed by atoms with Gasteiger partial charge in [0.05, 0.1) is 26.4 Å². The monoisotopic (exact) mass is 690 g/mol. The molecule has 0 bridgehead atoms. The first-order valence-corrected chi connectivity index (χ1v) is 19.5. The lowest BCUT2D eigenvalue weighted by molar-refractivity contribution is -0.113. The summed E-state index contributed by atoms with van der Waals surface area (Å²) in [4.78, 5) is 26.1. The van der Waals surface area contributed by atoms with Crippen LogP contribution in [0.5, 0.6) is 11.5 Å². The second-order valence-corrected chi connectivity index (χ2v) is 16.2. The molecule has 14 heteroatoms. The van der Waals surface area contributed by atoms with Crippen molar-refractivity contribution in [1.82, 2.24) is 0 Å². The second-order valence-electron chi connectivity index (χ2n) is 10.8. The molecule has 0 aliphatic rings. The lowest BCUT2D eigenvalue weighted by Crippen LogP contribution is -2.22. The summed E-state index contributed by atoms with van der Waals surface area (Å²) in [5.74, 6) is 0.593. The Morgan fingerprint density at radius 1 is 0.591 bits per heavy atom. The van der Waals surface area contributed by atoms with Crippen molar-refractivity contribution in [3.63, 3.8) is 0 Å². The zero-order chi connectivity index (χ0) is 33.0. The number of carbonyl (C=O) groups excluding carboxylic acids is 2. The minimum Gasteiger partial charge on any atom is -0.404 e. The fraction of sp³-hybridized carbons (Fsp3) is 0.533. The van der Waals surface area contributed by atoms with E-state index in [1.165, 1.54) is 0 Å². The third kappa shape index (κ3) is 11.6. The van der Waals surface area contributed by atoms with Crippen LogP contribution in [-0.4, -0.2) is 36.7 Å². The molecule has 0 saturated heterocycles. The second kappa shape index (κ2) is 17.3. The fourth-order valence-corrected chi connectivity index (χ4v) is 8.69. The van der Waals surface area contributed by atoms with Crippen LogP contribution in [0.15, 0.2) is 48.5 Å². The first-order valence-electron chi connectivity index (χ1n) is 14.4. The summed E-state index contributed by atoms with van der Waals surface area (Å²) in [5.41, 5.74) is -0.144. The highest BCUT2D eigenvalue weighted by Gasteiger charge is 2.35. The molecule has 0 aliphatic heterocycles. The van der Waals surface area contributed by atoms with Crippen molar-refractivity contribution in [3.05, 3.63) is 59.7 Å². The van der Waals surface area contributed by atoms with Gasteiger partial charge in [0, 0.05) is 34.8 Å². The zero-order valence-corrected chi connectivity index (χ0v) is 30.1. The number of phosphoric acid groups is 2. The van der Waals surface area contributed by atoms with Crippen LogP contribution in [0, 0.1) is 0 Å². The van der Waals surface area contributed by atoms with Crippen LogP contribution in [-0.2, 0) is 47.6 Å². The predicted molar refractivity (Wildman–Crippen MR) is 176 cm³/mol. The summed E-state index contributed by atoms with van der Waals surface area (Å²) < 4.78 is 58.6. The number of rotatable bonds is 18. The van der Waals surface area contributed by atoms with Crippen molar-refractivity contribution in [2.45, 2.75) is 79.1 Å². The van der Waals surface area contributed by atoms with Gasteiger partial charge in [0.25, 0.3) is 0 Å². The molecule has 0 aromatic heterocycles. The molecule has 0 unspecified atom stereocenters. The summed E-state index contributed by atoms with van der Waals surface area (Å²) in [7, 11) is -5.94. The maximum absolute atomic E-state index is 13.1. The number of carbonyl (C=O) groups is 2. The van der Waals surface area contributed by atoms with E-state index in [4.69, 9.17) is 27.1 Å². The average Bonchev–Trinajstić information content (AvgIpc) is 2.92. The van der Waals surface area contributed by atoms with E-state index in [-0.39, 0.29) is 49.5 Å². The molecule has 0 heterocycles. The van der Waals surface area contributed by atoms with Gasteiger partial charge < -0.3 is 9.05 Å². The average molecular weight is 691 g/mol. The lowest BCUT2D eigenvalue weighted by Gasteiger charge is -2.28. The Kier molecular flexibility index (Phi) is 15.2. The molecule has 0 radical (unpaired) electrons. The highest BCUT2D eigenvalue weighted by atomic mass is 33.1. The summed E-state index contributed by atoms with van der Waals surface area (Å²) in [5, 5.41) is -0.422. The van der Waals surface area contributed by atoms with Crippen molar-refractivity contribution < 1.29 is 45.9 Å². The van der Waals surface area contributed by atoms with Gasteiger partial charge in [-0.1, -0.05) is 64.1 Å². The smallest absolute Gasteiger partial charge is 0.404 e. The molecule has 0 amide bonds. The summed E-state index contributed by atoms with van der Waals surface area (Å²) in [6, 6.07) is 14.0. The van der Waals surface area contributed by atoms with E-state index in [1.54, 1.807) is 76.2 Å². The highest BCUT2D eigenvalue weighted by Crippen LogP contribution is 2.53. The minimum atomic E-state index is -3.84. The van der Waals surface area contributed by atoms with Crippen molar-refractivity contribution in [3.8, 4) is 11.5 Å². The topological polar surface area (TPSA) is 124 Å². The minimum absolute atomic E-state index is 0.0795. The van der Waals surface area contributed by atoms with Gasteiger partial charge in [-0.15, -0.1) is 0 Å². The Balaban J connectivity index is 2.10. The molecular formula is C30H44O10P2S2. The molecule has 0 saturated carbocycles. The van der Waals surface area contributed by atoms with Gasteiger partial charge in [-0.3, -0.25) is 27.7 Å². The van der Waals surface area contributed by atoms with Gasteiger partial charge in [0.2, 0.25) is 10.2 Å². The lowest BCUT2D eigenvalue weighted by atomic mass is 9.81. The Morgan fingerprint density at radius 2 is 0.886 bits per heavy atom. The van der Waals surface area contributed by atoms with Gasteiger partial charge in [-0.2, -0.15) is 0 Å². The molecule has 246 valence electrons. The van der Waals surface area contributed by atoms with E-state index in [9.17, 15) is 18.7 Å². The first-order chi connectivity index (χ1) is 20.6. The summed E-state index contributed by atoms with van der Waals surface area (Å²) in [6.07, 6.45) is 0.159. The number of phosphoric ester groups is 2. The van der Waals surface area contributed by atoms with Crippen molar-refractivity contribution >= 4 is 47.5 Å². The number of hydrogen-bond acceptors (Lipinski definition) is 12. The predicted octanol–water partition coefficient (Wildman–Crippen LogP) is 9.28. The molecule has 0 aliphatic carbocycles. The number of benzene rings is 2. The molecule has 0 N–H and O–H groups in total. The quantitative estimate of drug-likeness (QED) is 0.109. The maximum atomic E-state index is 13.1. The van der Waals surface area contributed by atoms with Crippen LogP contribution in [0.25, 0.3) is 0 Å². The van der Waals surface area contributed by atoms with E-state index in [0.29, 0.717) is 22.6 Å². The van der Waals surface area contributed by atoms with E-state index in [2.05, 4.69) is 0 Å². The van der Waals surface area contributed by atoms with Gasteiger partial charge >= 0.3 is 15.6 Å². The van der Waals surface area contributed by atoms with Crippen molar-refractivity contribution in [2.24, 2.45) is 0 Å². The van der Waals surface area contributed by atoms with E-state index in [1.807, 2.05) is 27.7 Å². The van der Waals surface area contributed by atoms with E-state index in [0.717, 1.165) is 21.6 Å². The third-order valence-electron chi connectivity index (χ3n) is 6.20. The maximum Gasteiger partial charge on any atom is 0.530 e. The first kappa shape index (κ1) is 38.6. The molecular weight excluding hydrogens is 646 g/mol. The van der Waals surface area contributed by atoms with Crippen LogP contribution in [0.1, 0.15) is 79.4 Å². The summed E-state index contributed by atoms with van der Waals surface area (Å²) >= 11 is 0. The summed E-state index contributed by atoms with van der Waals surface area (Å²) in [6.45, 7) is 14.8. The zero-order valence-electron chi connectivity index (χ0n) is 26.7. The Bertz CT molecular complexity index is 1230. The standard InChI is InChI=1S/C30H44O10P2S2/c1-9-35-41(33,36-10-2)39-25-19-15-13-17-23(25)29(5,6)21-27(31)43-44-28(32)22-30(7,8)24-18-14-16-20-26(24)40-42(34,37-11-3)38-12-4/h13-20H,9-12,21-22H2,1-8H3. The van der Waals surface area contributed by atoms with Crippen LogP contribution >= 0.6 is 37.2 Å². The number of hydrogen-bond donors (Lipinski definition) is 0. The molecule has 2 rings (SSSR count). The van der Waals surface area contributed by atoms with Crippen molar-refractivity contribution in [2.75, 3.05) is 26.4 Å². The van der Waals surface area contributed by atoms with Gasteiger partial charge in [0.1, 0.15) is 11.5 Å². The molecule has 0 atom stereocenters. The van der Waals surface area contributed by atoms with Crippen LogP contribution in [0.3, 0.4) is 0 Å². The molecule has 2 aromatic carbocycles. The Hall–Kier alpha value is -1.62. The van der Waals surface area contributed by atoms with Crippen molar-refractivity contribution in [1.29, 1.82) is 0 Å². The molecule has 2 aromatic rings. The Labute approximate surface area is 269 Å². The van der Waals surface area contributed by atoms with Crippen LogP contribution in [0.4, 0.5) is 0 Å². The van der Waals surface area contributed by atoms with Gasteiger partial charge in [-0.05, 0) is 61.4 Å². The Morgan fingerprint density at radius 3 is 1.18 bits per heavy atom. The fourth-order valence-electron chi connectivity index (χ4n) is 4.33. The SMILES string of the molecule is CCOP(=O)(OCC)Oc1ccccc1C(C)(C)CC(=O)SSC(=O)CC(C)(C)c1ccccc1OP(=O)(OCC)OCC. The van der Waals surface area contributed by atoms with E-state index >= 15 is 0 Å². The molecule has 10 nitrogen and oxygen atoms in total. The molecule has 44 heavy (non-hydrogen) atoms. The third-order valence-corrected chi connectivity index (χ3v) is 11.4. The van der Waals surface area contributed by atoms with Gasteiger partial charge in [-0.25, -0.2) is 9.13 Å². The van der Waals surface area contributed by atoms with Crippen LogP contribution < -0.4 is 9.05 Å². The largest absolute Gasteiger partial charge is 0.530 e. The normalized spacial score (nSPS) is 12.6. The highest BCUT2D eigenvalue weighted by molar-refractivity contribution is 8.87. The molecule has 0 fully saturated rings.